The largest absolute Gasteiger partial charge is 0.455 e. The molecular formula is C60H47BN2O2. The molecule has 0 radical (unpaired) electrons. The highest BCUT2D eigenvalue weighted by Crippen LogP contribution is 2.62. The van der Waals surface area contributed by atoms with E-state index >= 15 is 0 Å². The van der Waals surface area contributed by atoms with E-state index in [-0.39, 0.29) is 10.8 Å². The third-order valence-corrected chi connectivity index (χ3v) is 15.9. The van der Waals surface area contributed by atoms with Crippen molar-refractivity contribution in [3.8, 4) is 22.3 Å². The summed E-state index contributed by atoms with van der Waals surface area (Å²) in [5.41, 5.74) is 23.3. The number of aryl methyl sites for hydroxylation is 1. The van der Waals surface area contributed by atoms with E-state index in [4.69, 9.17) is 8.83 Å². The smallest absolute Gasteiger partial charge is 0.204 e. The summed E-state index contributed by atoms with van der Waals surface area (Å²) < 4.78 is 14.3. The van der Waals surface area contributed by atoms with Gasteiger partial charge in [-0.15, -0.1) is 0 Å². The number of hydrogen-bond donors (Lipinski definition) is 1. The van der Waals surface area contributed by atoms with Crippen molar-refractivity contribution in [1.82, 2.24) is 0 Å². The molecule has 312 valence electrons. The van der Waals surface area contributed by atoms with Gasteiger partial charge in [-0.05, 0) is 122 Å². The predicted octanol–water partition coefficient (Wildman–Crippen LogP) is 14.2. The Bertz CT molecular complexity index is 3670. The van der Waals surface area contributed by atoms with Crippen LogP contribution in [-0.2, 0) is 16.2 Å². The minimum Gasteiger partial charge on any atom is -0.455 e. The molecule has 65 heavy (non-hydrogen) atoms. The van der Waals surface area contributed by atoms with Gasteiger partial charge >= 0.3 is 0 Å². The Hall–Kier alpha value is -7.24. The summed E-state index contributed by atoms with van der Waals surface area (Å²) in [6.07, 6.45) is 2.30. The number of rotatable bonds is 2. The number of nitrogens with one attached hydrogen (secondary N) is 1. The van der Waals surface area contributed by atoms with Crippen LogP contribution in [0.3, 0.4) is 0 Å². The zero-order valence-electron chi connectivity index (χ0n) is 37.4. The number of hydrogen-bond acceptors (Lipinski definition) is 4. The highest BCUT2D eigenvalue weighted by Gasteiger charge is 2.51. The molecule has 4 heterocycles. The van der Waals surface area contributed by atoms with Gasteiger partial charge in [0.15, 0.2) is 5.88 Å². The molecule has 2 aromatic heterocycles. The molecule has 2 aliphatic carbocycles. The van der Waals surface area contributed by atoms with Gasteiger partial charge in [-0.3, -0.25) is 4.90 Å². The Morgan fingerprint density at radius 2 is 1.09 bits per heavy atom. The molecule has 14 rings (SSSR count). The first kappa shape index (κ1) is 37.2. The van der Waals surface area contributed by atoms with Crippen LogP contribution in [0.4, 0.5) is 28.6 Å². The molecule has 0 bridgehead atoms. The second-order valence-electron chi connectivity index (χ2n) is 20.3. The van der Waals surface area contributed by atoms with Crippen LogP contribution in [0.1, 0.15) is 79.5 Å². The van der Waals surface area contributed by atoms with E-state index in [1.165, 1.54) is 67.4 Å². The van der Waals surface area contributed by atoms with Gasteiger partial charge in [0.2, 0.25) is 7.28 Å². The molecule has 0 saturated carbocycles. The van der Waals surface area contributed by atoms with Crippen LogP contribution >= 0.6 is 0 Å². The first-order valence-corrected chi connectivity index (χ1v) is 23.3. The van der Waals surface area contributed by atoms with Crippen LogP contribution in [0.15, 0.2) is 167 Å². The molecule has 0 amide bonds. The maximum absolute atomic E-state index is 7.17. The van der Waals surface area contributed by atoms with E-state index in [1.807, 2.05) is 0 Å². The lowest BCUT2D eigenvalue weighted by Crippen LogP contribution is -2.41. The molecule has 5 heteroatoms. The zero-order chi connectivity index (χ0) is 43.6. The molecule has 4 nitrogen and oxygen atoms in total. The summed E-state index contributed by atoms with van der Waals surface area (Å²) in [5.74, 6) is 0.896. The molecule has 8 aromatic carbocycles. The van der Waals surface area contributed by atoms with Crippen molar-refractivity contribution in [3.05, 3.63) is 197 Å². The van der Waals surface area contributed by atoms with Crippen LogP contribution < -0.4 is 21.1 Å². The quantitative estimate of drug-likeness (QED) is 0.176. The van der Waals surface area contributed by atoms with Crippen molar-refractivity contribution in [3.63, 3.8) is 0 Å². The molecule has 4 aliphatic rings. The van der Waals surface area contributed by atoms with Crippen molar-refractivity contribution < 1.29 is 8.83 Å². The summed E-state index contributed by atoms with van der Waals surface area (Å²) in [5, 5.41) is 7.44. The Kier molecular flexibility index (Phi) is 7.28. The normalized spacial score (nSPS) is 16.5. The number of fused-ring (bicyclic) bond motifs is 17. The molecule has 0 atom stereocenters. The summed E-state index contributed by atoms with van der Waals surface area (Å²) in [4.78, 5) is 2.47. The van der Waals surface area contributed by atoms with Crippen LogP contribution in [0.5, 0.6) is 0 Å². The molecule has 0 unspecified atom stereocenters. The van der Waals surface area contributed by atoms with Crippen molar-refractivity contribution in [2.24, 2.45) is 0 Å². The second-order valence-corrected chi connectivity index (χ2v) is 20.3. The van der Waals surface area contributed by atoms with Crippen LogP contribution in [0, 0.1) is 6.92 Å². The first-order chi connectivity index (χ1) is 31.6. The van der Waals surface area contributed by atoms with Crippen molar-refractivity contribution in [2.75, 3.05) is 10.2 Å². The van der Waals surface area contributed by atoms with Gasteiger partial charge < -0.3 is 14.2 Å². The Morgan fingerprint density at radius 3 is 1.83 bits per heavy atom. The standard InChI is InChI=1S/C60H47BN2O2/c1-34-31-45-46(59(4,5)30-29-58(45,2)3)33-48(34)63-49-32-40-37-19-8-14-27-50(37)64-56(40)52(54(49)61-53-38-20-9-15-28-51(38)65-57(53)63)39-21-16-25-44-55(39)62-47-26-13-12-24-43(47)60(44)41-22-10-6-17-35(41)36-18-7-11-23-42(36)60/h6-28,31-33,61-62H,29-30H2,1-5H3. The highest BCUT2D eigenvalue weighted by atomic mass is 16.4. The number of anilines is 5. The molecule has 1 N–H and O–H groups in total. The maximum Gasteiger partial charge on any atom is 0.204 e. The monoisotopic (exact) mass is 838 g/mol. The zero-order valence-corrected chi connectivity index (χ0v) is 37.4. The van der Waals surface area contributed by atoms with Crippen molar-refractivity contribution >= 4 is 79.7 Å². The summed E-state index contributed by atoms with van der Waals surface area (Å²) in [6, 6.07) is 58.5. The minimum absolute atomic E-state index is 0.0248. The lowest BCUT2D eigenvalue weighted by atomic mass is 9.58. The first-order valence-electron chi connectivity index (χ1n) is 23.3. The van der Waals surface area contributed by atoms with Crippen molar-refractivity contribution in [1.29, 1.82) is 0 Å². The Morgan fingerprint density at radius 1 is 0.508 bits per heavy atom. The number of benzene rings is 8. The maximum atomic E-state index is 7.17. The van der Waals surface area contributed by atoms with Crippen LogP contribution in [0.25, 0.3) is 55.2 Å². The second kappa shape index (κ2) is 12.7. The topological polar surface area (TPSA) is 41.6 Å². The van der Waals surface area contributed by atoms with E-state index in [1.54, 1.807) is 0 Å². The molecule has 10 aromatic rings. The third kappa shape index (κ3) is 4.78. The fourth-order valence-corrected chi connectivity index (χ4v) is 12.7. The number of para-hydroxylation sites is 4. The Labute approximate surface area is 379 Å². The van der Waals surface area contributed by atoms with Gasteiger partial charge in [0.05, 0.1) is 16.8 Å². The molecule has 1 spiro atoms. The molecular weight excluding hydrogens is 791 g/mol. The predicted molar refractivity (Wildman–Crippen MR) is 271 cm³/mol. The lowest BCUT2D eigenvalue weighted by Gasteiger charge is -2.43. The third-order valence-electron chi connectivity index (χ3n) is 15.9. The average Bonchev–Trinajstić information content (AvgIpc) is 3.98. The minimum atomic E-state index is -0.539. The Balaban J connectivity index is 1.12. The summed E-state index contributed by atoms with van der Waals surface area (Å²) in [6.45, 7) is 12.0. The van der Waals surface area contributed by atoms with Gasteiger partial charge in [-0.25, -0.2) is 0 Å². The van der Waals surface area contributed by atoms with E-state index in [2.05, 4.69) is 203 Å². The van der Waals surface area contributed by atoms with E-state index < -0.39 is 5.41 Å². The van der Waals surface area contributed by atoms with Crippen LogP contribution in [0.2, 0.25) is 0 Å². The molecule has 2 aliphatic heterocycles. The highest BCUT2D eigenvalue weighted by molar-refractivity contribution is 6.76. The number of nitrogens with zero attached hydrogens (tertiary/aromatic N) is 1. The van der Waals surface area contributed by atoms with Crippen LogP contribution in [-0.4, -0.2) is 7.28 Å². The van der Waals surface area contributed by atoms with Gasteiger partial charge in [-0.1, -0.05) is 155 Å². The van der Waals surface area contributed by atoms with E-state index in [0.717, 1.165) is 79.1 Å². The van der Waals surface area contributed by atoms with Gasteiger partial charge in [0, 0.05) is 38.7 Å². The lowest BCUT2D eigenvalue weighted by molar-refractivity contribution is 0.332. The van der Waals surface area contributed by atoms with Gasteiger partial charge in [-0.2, -0.15) is 0 Å². The van der Waals surface area contributed by atoms with E-state index in [0.29, 0.717) is 7.28 Å². The molecule has 0 fully saturated rings. The summed E-state index contributed by atoms with van der Waals surface area (Å²) >= 11 is 0. The van der Waals surface area contributed by atoms with Gasteiger partial charge in [0.25, 0.3) is 0 Å². The fourth-order valence-electron chi connectivity index (χ4n) is 12.7. The SMILES string of the molecule is Cc1cc2c(cc1N1c3cc4c(oc5ccccc54)c(-c4cccc5c4Nc4ccccc4C54c5ccccc5-c5ccccc54)c3Bc3c1oc1ccccc31)C(C)(C)CCC2(C)C. The van der Waals surface area contributed by atoms with E-state index in [9.17, 15) is 0 Å². The fraction of sp³-hybridized carbons (Fsp3) is 0.167. The number of furan rings is 2. The van der Waals surface area contributed by atoms with Gasteiger partial charge in [0.1, 0.15) is 16.7 Å². The van der Waals surface area contributed by atoms with Crippen molar-refractivity contribution in [2.45, 2.75) is 63.7 Å². The average molecular weight is 839 g/mol. The molecule has 0 saturated heterocycles. The summed E-state index contributed by atoms with van der Waals surface area (Å²) in [7, 11) is 0.681.